The maximum Gasteiger partial charge on any atom is 0.313 e. The third-order valence-corrected chi connectivity index (χ3v) is 4.28. The van der Waals surface area contributed by atoms with Crippen LogP contribution in [0, 0.1) is 5.41 Å². The van der Waals surface area contributed by atoms with Gasteiger partial charge in [-0.05, 0) is 37.5 Å². The van der Waals surface area contributed by atoms with Crippen LogP contribution in [0.1, 0.15) is 38.2 Å². The van der Waals surface area contributed by atoms with Gasteiger partial charge >= 0.3 is 5.97 Å². The van der Waals surface area contributed by atoms with Crippen LogP contribution in [0.25, 0.3) is 0 Å². The summed E-state index contributed by atoms with van der Waals surface area (Å²) in [6.45, 7) is 2.19. The number of carbonyl (C=O) groups excluding carboxylic acids is 1. The lowest BCUT2D eigenvalue weighted by Gasteiger charge is -2.36. The molecule has 0 heterocycles. The molecular formula is C15H20ClNO2. The van der Waals surface area contributed by atoms with Gasteiger partial charge in [-0.1, -0.05) is 36.6 Å². The predicted octanol–water partition coefficient (Wildman–Crippen LogP) is 3.29. The molecule has 2 N–H and O–H groups in total. The van der Waals surface area contributed by atoms with Crippen molar-refractivity contribution in [2.24, 2.45) is 11.1 Å². The number of benzene rings is 1. The smallest absolute Gasteiger partial charge is 0.313 e. The number of hydrogen-bond donors (Lipinski definition) is 1. The maximum atomic E-state index is 12.2. The number of ether oxygens (including phenoxy) is 1. The van der Waals surface area contributed by atoms with Gasteiger partial charge in [0.05, 0.1) is 5.41 Å². The van der Waals surface area contributed by atoms with E-state index in [9.17, 15) is 4.79 Å². The van der Waals surface area contributed by atoms with Crippen molar-refractivity contribution >= 4 is 17.6 Å². The molecule has 1 fully saturated rings. The average molecular weight is 282 g/mol. The lowest BCUT2D eigenvalue weighted by molar-refractivity contribution is -0.159. The Morgan fingerprint density at radius 3 is 2.74 bits per heavy atom. The largest absolute Gasteiger partial charge is 0.460 e. The quantitative estimate of drug-likeness (QED) is 0.865. The van der Waals surface area contributed by atoms with Crippen LogP contribution < -0.4 is 5.73 Å². The van der Waals surface area contributed by atoms with Crippen molar-refractivity contribution in [2.45, 2.75) is 45.3 Å². The minimum Gasteiger partial charge on any atom is -0.460 e. The Morgan fingerprint density at radius 2 is 2.11 bits per heavy atom. The summed E-state index contributed by atoms with van der Waals surface area (Å²) in [5.41, 5.74) is 6.48. The second-order valence-electron chi connectivity index (χ2n) is 5.47. The molecule has 1 saturated carbocycles. The van der Waals surface area contributed by atoms with E-state index in [4.69, 9.17) is 22.1 Å². The minimum absolute atomic E-state index is 0.0982. The first-order valence-electron chi connectivity index (χ1n) is 6.69. The Kier molecular flexibility index (Phi) is 4.48. The Labute approximate surface area is 119 Å². The van der Waals surface area contributed by atoms with Gasteiger partial charge < -0.3 is 10.5 Å². The van der Waals surface area contributed by atoms with Gasteiger partial charge in [-0.15, -0.1) is 0 Å². The van der Waals surface area contributed by atoms with Gasteiger partial charge in [0, 0.05) is 11.1 Å². The molecule has 104 valence electrons. The zero-order valence-corrected chi connectivity index (χ0v) is 12.0. The minimum atomic E-state index is -0.537. The number of esters is 1. The van der Waals surface area contributed by atoms with Gasteiger partial charge in [-0.2, -0.15) is 0 Å². The molecule has 0 radical (unpaired) electrons. The summed E-state index contributed by atoms with van der Waals surface area (Å²) >= 11 is 5.81. The number of halogens is 1. The molecule has 1 aliphatic rings. The monoisotopic (exact) mass is 281 g/mol. The molecular weight excluding hydrogens is 262 g/mol. The number of rotatable bonds is 3. The van der Waals surface area contributed by atoms with Crippen molar-refractivity contribution in [3.05, 3.63) is 34.9 Å². The topological polar surface area (TPSA) is 52.3 Å². The van der Waals surface area contributed by atoms with Crippen molar-refractivity contribution in [1.82, 2.24) is 0 Å². The Balaban J connectivity index is 1.95. The third-order valence-electron chi connectivity index (χ3n) is 4.03. The van der Waals surface area contributed by atoms with Crippen LogP contribution in [0.5, 0.6) is 0 Å². The number of carbonyl (C=O) groups is 1. The van der Waals surface area contributed by atoms with Gasteiger partial charge in [-0.25, -0.2) is 0 Å². The van der Waals surface area contributed by atoms with Crippen LogP contribution in [-0.4, -0.2) is 12.0 Å². The average Bonchev–Trinajstić information content (AvgIpc) is 2.41. The molecule has 0 amide bonds. The highest BCUT2D eigenvalue weighted by molar-refractivity contribution is 6.30. The molecule has 4 heteroatoms. The Morgan fingerprint density at radius 1 is 1.42 bits per heavy atom. The first kappa shape index (κ1) is 14.4. The summed E-state index contributed by atoms with van der Waals surface area (Å²) in [6.07, 6.45) is 3.85. The van der Waals surface area contributed by atoms with E-state index in [1.165, 1.54) is 0 Å². The summed E-state index contributed by atoms with van der Waals surface area (Å²) in [5.74, 6) is -0.186. The molecule has 0 bridgehead atoms. The fourth-order valence-electron chi connectivity index (χ4n) is 2.51. The summed E-state index contributed by atoms with van der Waals surface area (Å²) in [7, 11) is 0. The van der Waals surface area contributed by atoms with Crippen LogP contribution in [0.2, 0.25) is 5.02 Å². The fourth-order valence-corrected chi connectivity index (χ4v) is 2.63. The molecule has 2 rings (SSSR count). The van der Waals surface area contributed by atoms with Crippen LogP contribution in [0.15, 0.2) is 24.3 Å². The van der Waals surface area contributed by atoms with E-state index in [1.54, 1.807) is 12.1 Å². The number of hydrogen-bond acceptors (Lipinski definition) is 3. The fraction of sp³-hybridized carbons (Fsp3) is 0.533. The predicted molar refractivity (Wildman–Crippen MR) is 75.8 cm³/mol. The standard InChI is InChI=1S/C15H20ClNO2/c1-15(9-3-2-4-13(15)17)14(18)19-10-11-5-7-12(16)8-6-11/h5-8,13H,2-4,9-10,17H2,1H3. The molecule has 19 heavy (non-hydrogen) atoms. The lowest BCUT2D eigenvalue weighted by atomic mass is 9.72. The van der Waals surface area contributed by atoms with Crippen molar-refractivity contribution < 1.29 is 9.53 Å². The van der Waals surface area contributed by atoms with Crippen molar-refractivity contribution in [2.75, 3.05) is 0 Å². The first-order chi connectivity index (χ1) is 9.02. The zero-order valence-electron chi connectivity index (χ0n) is 11.2. The van der Waals surface area contributed by atoms with E-state index in [-0.39, 0.29) is 18.6 Å². The van der Waals surface area contributed by atoms with E-state index < -0.39 is 5.41 Å². The maximum absolute atomic E-state index is 12.2. The van der Waals surface area contributed by atoms with Crippen molar-refractivity contribution in [3.63, 3.8) is 0 Å². The van der Waals surface area contributed by atoms with E-state index in [0.29, 0.717) is 5.02 Å². The Hall–Kier alpha value is -1.06. The van der Waals surface area contributed by atoms with Crippen molar-refractivity contribution in [3.8, 4) is 0 Å². The lowest BCUT2D eigenvalue weighted by Crippen LogP contribution is -2.48. The van der Waals surface area contributed by atoms with Gasteiger partial charge in [-0.3, -0.25) is 4.79 Å². The molecule has 0 spiro atoms. The second-order valence-corrected chi connectivity index (χ2v) is 5.91. The highest BCUT2D eigenvalue weighted by Gasteiger charge is 2.42. The normalized spacial score (nSPS) is 27.0. The first-order valence-corrected chi connectivity index (χ1v) is 7.07. The van der Waals surface area contributed by atoms with E-state index in [2.05, 4.69) is 0 Å². The van der Waals surface area contributed by atoms with Gasteiger partial charge in [0.25, 0.3) is 0 Å². The Bertz CT molecular complexity index is 446. The molecule has 1 aliphatic carbocycles. The molecule has 3 nitrogen and oxygen atoms in total. The van der Waals surface area contributed by atoms with Crippen LogP contribution in [0.3, 0.4) is 0 Å². The summed E-state index contributed by atoms with van der Waals surface area (Å²) < 4.78 is 5.42. The number of nitrogens with two attached hydrogens (primary N) is 1. The van der Waals surface area contributed by atoms with Crippen LogP contribution >= 0.6 is 11.6 Å². The van der Waals surface area contributed by atoms with Gasteiger partial charge in [0.1, 0.15) is 6.61 Å². The molecule has 1 aromatic carbocycles. The highest BCUT2D eigenvalue weighted by Crippen LogP contribution is 2.36. The van der Waals surface area contributed by atoms with Crippen LogP contribution in [0.4, 0.5) is 0 Å². The van der Waals surface area contributed by atoms with E-state index in [1.807, 2.05) is 19.1 Å². The molecule has 0 saturated heterocycles. The summed E-state index contributed by atoms with van der Waals surface area (Å²) in [5, 5.41) is 0.677. The molecule has 1 aromatic rings. The summed E-state index contributed by atoms with van der Waals surface area (Å²) in [6, 6.07) is 7.20. The molecule has 0 aromatic heterocycles. The third kappa shape index (κ3) is 3.28. The van der Waals surface area contributed by atoms with E-state index >= 15 is 0 Å². The molecule has 2 atom stereocenters. The second kappa shape index (κ2) is 5.93. The highest BCUT2D eigenvalue weighted by atomic mass is 35.5. The van der Waals surface area contributed by atoms with Crippen LogP contribution in [-0.2, 0) is 16.1 Å². The zero-order chi connectivity index (χ0) is 13.9. The molecule has 0 aliphatic heterocycles. The van der Waals surface area contributed by atoms with Gasteiger partial charge in [0.2, 0.25) is 0 Å². The van der Waals surface area contributed by atoms with Crippen molar-refractivity contribution in [1.29, 1.82) is 0 Å². The molecule has 2 unspecified atom stereocenters. The SMILES string of the molecule is CC1(C(=O)OCc2ccc(Cl)cc2)CCCCC1N. The van der Waals surface area contributed by atoms with E-state index in [0.717, 1.165) is 31.2 Å². The van der Waals surface area contributed by atoms with Gasteiger partial charge in [0.15, 0.2) is 0 Å². The summed E-state index contributed by atoms with van der Waals surface area (Å²) in [4.78, 5) is 12.2.